The van der Waals surface area contributed by atoms with Crippen molar-refractivity contribution in [2.24, 2.45) is 0 Å². The van der Waals surface area contributed by atoms with Crippen LogP contribution in [0.25, 0.3) is 0 Å². The fourth-order valence-electron chi connectivity index (χ4n) is 2.95. The molecule has 138 valence electrons. The molecule has 0 aromatic heterocycles. The van der Waals surface area contributed by atoms with Crippen LogP contribution in [0.2, 0.25) is 0 Å². The van der Waals surface area contributed by atoms with E-state index in [2.05, 4.69) is 17.1 Å². The van der Waals surface area contributed by atoms with Crippen LogP contribution in [0.15, 0.2) is 24.3 Å². The van der Waals surface area contributed by atoms with E-state index in [1.807, 2.05) is 6.07 Å². The topological polar surface area (TPSA) is 61.9 Å². The summed E-state index contributed by atoms with van der Waals surface area (Å²) in [5.41, 5.74) is 0.459. The van der Waals surface area contributed by atoms with Crippen molar-refractivity contribution in [3.63, 3.8) is 0 Å². The van der Waals surface area contributed by atoms with Crippen molar-refractivity contribution >= 4 is 11.8 Å². The molecule has 0 radical (unpaired) electrons. The van der Waals surface area contributed by atoms with Crippen LogP contribution in [0.3, 0.4) is 0 Å². The molecule has 0 spiro atoms. The Hall–Kier alpha value is -2.08. The highest BCUT2D eigenvalue weighted by molar-refractivity contribution is 5.98. The van der Waals surface area contributed by atoms with Gasteiger partial charge in [-0.3, -0.25) is 14.5 Å². The molecule has 0 aliphatic carbocycles. The van der Waals surface area contributed by atoms with Crippen LogP contribution in [-0.2, 0) is 4.79 Å². The molecule has 2 amide bonds. The molecule has 0 bridgehead atoms. The number of amides is 2. The van der Waals surface area contributed by atoms with Gasteiger partial charge in [0.25, 0.3) is 5.91 Å². The number of benzene rings is 1. The van der Waals surface area contributed by atoms with Gasteiger partial charge in [0.1, 0.15) is 12.4 Å². The van der Waals surface area contributed by atoms with Crippen molar-refractivity contribution < 1.29 is 14.3 Å². The number of rotatable bonds is 7. The standard InChI is InChI=1S/C19H29N3O3/c1-15-8-6-7-11-22(15)12-13-25-17-10-5-4-9-16(17)19(24)20-14-18(23)21(2)3/h4-5,9-10,15H,6-8,11-14H2,1-3H3,(H,20,24). The van der Waals surface area contributed by atoms with Crippen LogP contribution in [0.4, 0.5) is 0 Å². The molecule has 1 aliphatic heterocycles. The summed E-state index contributed by atoms with van der Waals surface area (Å²) in [5.74, 6) is 0.116. The van der Waals surface area contributed by atoms with E-state index in [1.54, 1.807) is 32.3 Å². The number of likely N-dealkylation sites (tertiary alicyclic amines) is 1. The highest BCUT2D eigenvalue weighted by Crippen LogP contribution is 2.19. The lowest BCUT2D eigenvalue weighted by atomic mass is 10.0. The lowest BCUT2D eigenvalue weighted by Crippen LogP contribution is -2.40. The molecule has 1 saturated heterocycles. The Morgan fingerprint density at radius 3 is 2.76 bits per heavy atom. The summed E-state index contributed by atoms with van der Waals surface area (Å²) in [5, 5.41) is 2.65. The Kier molecular flexibility index (Phi) is 7.25. The lowest BCUT2D eigenvalue weighted by Gasteiger charge is -2.33. The molecule has 1 unspecified atom stereocenters. The number of piperidine rings is 1. The van der Waals surface area contributed by atoms with E-state index in [0.29, 0.717) is 24.0 Å². The highest BCUT2D eigenvalue weighted by Gasteiger charge is 2.18. The molecule has 2 rings (SSSR count). The fraction of sp³-hybridized carbons (Fsp3) is 0.579. The van der Waals surface area contributed by atoms with Crippen molar-refractivity contribution in [3.8, 4) is 5.75 Å². The van der Waals surface area contributed by atoms with Gasteiger partial charge in [-0.1, -0.05) is 18.6 Å². The molecule has 1 N–H and O–H groups in total. The maximum absolute atomic E-state index is 12.3. The molecule has 6 heteroatoms. The van der Waals surface area contributed by atoms with E-state index in [9.17, 15) is 9.59 Å². The Balaban J connectivity index is 1.88. The fourth-order valence-corrected chi connectivity index (χ4v) is 2.95. The van der Waals surface area contributed by atoms with Gasteiger partial charge in [-0.15, -0.1) is 0 Å². The molecule has 1 atom stereocenters. The van der Waals surface area contributed by atoms with Gasteiger partial charge in [-0.05, 0) is 38.4 Å². The molecule has 0 saturated carbocycles. The molecule has 1 aliphatic rings. The van der Waals surface area contributed by atoms with Crippen LogP contribution >= 0.6 is 0 Å². The summed E-state index contributed by atoms with van der Waals surface area (Å²) in [6, 6.07) is 7.74. The predicted molar refractivity (Wildman–Crippen MR) is 97.9 cm³/mol. The summed E-state index contributed by atoms with van der Waals surface area (Å²) >= 11 is 0. The Morgan fingerprint density at radius 1 is 1.28 bits per heavy atom. The van der Waals surface area contributed by atoms with Crippen LogP contribution in [0, 0.1) is 0 Å². The van der Waals surface area contributed by atoms with E-state index in [0.717, 1.165) is 13.1 Å². The van der Waals surface area contributed by atoms with Gasteiger partial charge < -0.3 is 15.0 Å². The first-order valence-electron chi connectivity index (χ1n) is 8.93. The van der Waals surface area contributed by atoms with Crippen LogP contribution in [0.5, 0.6) is 5.75 Å². The normalized spacial score (nSPS) is 17.8. The van der Waals surface area contributed by atoms with Gasteiger partial charge >= 0.3 is 0 Å². The van der Waals surface area contributed by atoms with E-state index < -0.39 is 0 Å². The smallest absolute Gasteiger partial charge is 0.255 e. The summed E-state index contributed by atoms with van der Waals surface area (Å²) in [7, 11) is 3.32. The largest absolute Gasteiger partial charge is 0.491 e. The van der Waals surface area contributed by atoms with Gasteiger partial charge in [-0.2, -0.15) is 0 Å². The van der Waals surface area contributed by atoms with Crippen molar-refractivity contribution in [1.82, 2.24) is 15.1 Å². The second kappa shape index (κ2) is 9.42. The van der Waals surface area contributed by atoms with Gasteiger partial charge in [0.2, 0.25) is 5.91 Å². The number of ether oxygens (including phenoxy) is 1. The molecular formula is C19H29N3O3. The minimum absolute atomic E-state index is 0.0224. The number of para-hydroxylation sites is 1. The number of likely N-dealkylation sites (N-methyl/N-ethyl adjacent to an activating group) is 1. The first kappa shape index (κ1) is 19.2. The first-order chi connectivity index (χ1) is 12.0. The van der Waals surface area contributed by atoms with Gasteiger partial charge in [-0.25, -0.2) is 0 Å². The second-order valence-electron chi connectivity index (χ2n) is 6.70. The van der Waals surface area contributed by atoms with E-state index >= 15 is 0 Å². The Morgan fingerprint density at radius 2 is 2.04 bits per heavy atom. The monoisotopic (exact) mass is 347 g/mol. The maximum Gasteiger partial charge on any atom is 0.255 e. The number of nitrogens with zero attached hydrogens (tertiary/aromatic N) is 2. The summed E-state index contributed by atoms with van der Waals surface area (Å²) in [6.45, 7) is 4.74. The van der Waals surface area contributed by atoms with Gasteiger partial charge in [0.05, 0.1) is 12.1 Å². The lowest BCUT2D eigenvalue weighted by molar-refractivity contribution is -0.127. The number of hydrogen-bond donors (Lipinski definition) is 1. The molecular weight excluding hydrogens is 318 g/mol. The average Bonchev–Trinajstić information content (AvgIpc) is 2.61. The zero-order chi connectivity index (χ0) is 18.2. The third-order valence-corrected chi connectivity index (χ3v) is 4.61. The molecule has 1 aromatic rings. The number of hydrogen-bond acceptors (Lipinski definition) is 4. The van der Waals surface area contributed by atoms with Gasteiger partial charge in [0, 0.05) is 26.7 Å². The van der Waals surface area contributed by atoms with Crippen molar-refractivity contribution in [3.05, 3.63) is 29.8 Å². The summed E-state index contributed by atoms with van der Waals surface area (Å²) in [6.07, 6.45) is 3.77. The third-order valence-electron chi connectivity index (χ3n) is 4.61. The van der Waals surface area contributed by atoms with Crippen LogP contribution < -0.4 is 10.1 Å². The van der Waals surface area contributed by atoms with Crippen LogP contribution in [-0.4, -0.2) is 68.0 Å². The van der Waals surface area contributed by atoms with E-state index in [1.165, 1.54) is 24.2 Å². The number of carbonyl (C=O) groups excluding carboxylic acids is 2. The van der Waals surface area contributed by atoms with E-state index in [4.69, 9.17) is 4.74 Å². The zero-order valence-corrected chi connectivity index (χ0v) is 15.5. The van der Waals surface area contributed by atoms with Gasteiger partial charge in [0.15, 0.2) is 0 Å². The first-order valence-corrected chi connectivity index (χ1v) is 8.93. The average molecular weight is 347 g/mol. The molecule has 1 aromatic carbocycles. The highest BCUT2D eigenvalue weighted by atomic mass is 16.5. The molecule has 1 heterocycles. The number of nitrogens with one attached hydrogen (secondary N) is 1. The Bertz CT molecular complexity index is 589. The summed E-state index contributed by atoms with van der Waals surface area (Å²) < 4.78 is 5.87. The zero-order valence-electron chi connectivity index (χ0n) is 15.5. The second-order valence-corrected chi connectivity index (χ2v) is 6.70. The Labute approximate surface area is 150 Å². The molecule has 1 fully saturated rings. The summed E-state index contributed by atoms with van der Waals surface area (Å²) in [4.78, 5) is 27.8. The van der Waals surface area contributed by atoms with E-state index in [-0.39, 0.29) is 18.4 Å². The maximum atomic E-state index is 12.3. The third kappa shape index (κ3) is 5.74. The SMILES string of the molecule is CC1CCCCN1CCOc1ccccc1C(=O)NCC(=O)N(C)C. The minimum Gasteiger partial charge on any atom is -0.491 e. The quantitative estimate of drug-likeness (QED) is 0.816. The van der Waals surface area contributed by atoms with Crippen molar-refractivity contribution in [2.45, 2.75) is 32.2 Å². The van der Waals surface area contributed by atoms with Crippen LogP contribution in [0.1, 0.15) is 36.5 Å². The van der Waals surface area contributed by atoms with Crippen molar-refractivity contribution in [1.29, 1.82) is 0 Å². The minimum atomic E-state index is -0.294. The predicted octanol–water partition coefficient (Wildman–Crippen LogP) is 1.76. The number of carbonyl (C=O) groups is 2. The molecule has 6 nitrogen and oxygen atoms in total. The van der Waals surface area contributed by atoms with Crippen molar-refractivity contribution in [2.75, 3.05) is 40.3 Å². The molecule has 25 heavy (non-hydrogen) atoms.